The molecular weight excluding hydrogens is 286 g/mol. The van der Waals surface area contributed by atoms with E-state index in [9.17, 15) is 8.42 Å². The third kappa shape index (κ3) is 4.26. The largest absolute Gasteiger partial charge is 0.319 e. The summed E-state index contributed by atoms with van der Waals surface area (Å²) < 4.78 is 28.4. The number of nitrogens with zero attached hydrogens (tertiary/aromatic N) is 2. The van der Waals surface area contributed by atoms with E-state index in [1.54, 1.807) is 11.4 Å². The van der Waals surface area contributed by atoms with Gasteiger partial charge < -0.3 is 5.32 Å². The molecule has 0 radical (unpaired) electrons. The van der Waals surface area contributed by atoms with E-state index in [1.165, 1.54) is 4.31 Å². The highest BCUT2D eigenvalue weighted by atomic mass is 32.2. The van der Waals surface area contributed by atoms with E-state index in [-0.39, 0.29) is 0 Å². The summed E-state index contributed by atoms with van der Waals surface area (Å²) >= 11 is 0. The van der Waals surface area contributed by atoms with E-state index in [0.717, 1.165) is 24.9 Å². The van der Waals surface area contributed by atoms with Crippen molar-refractivity contribution in [1.82, 2.24) is 13.9 Å². The third-order valence-corrected chi connectivity index (χ3v) is 5.84. The van der Waals surface area contributed by atoms with Crippen LogP contribution in [-0.2, 0) is 16.8 Å². The van der Waals surface area contributed by atoms with Gasteiger partial charge in [0.1, 0.15) is 0 Å². The molecule has 0 aromatic heterocycles. The van der Waals surface area contributed by atoms with Gasteiger partial charge in [-0.25, -0.2) is 0 Å². The van der Waals surface area contributed by atoms with Crippen LogP contribution in [0.15, 0.2) is 30.3 Å². The fraction of sp³-hybridized carbons (Fsp3) is 0.600. The van der Waals surface area contributed by atoms with Crippen molar-refractivity contribution in [2.45, 2.75) is 19.4 Å². The van der Waals surface area contributed by atoms with Crippen molar-refractivity contribution in [1.29, 1.82) is 0 Å². The van der Waals surface area contributed by atoms with E-state index in [0.29, 0.717) is 25.6 Å². The van der Waals surface area contributed by atoms with Gasteiger partial charge in [0, 0.05) is 26.7 Å². The molecule has 6 heteroatoms. The smallest absolute Gasteiger partial charge is 0.282 e. The summed E-state index contributed by atoms with van der Waals surface area (Å²) in [6.07, 6.45) is 2.03. The van der Waals surface area contributed by atoms with Gasteiger partial charge in [-0.15, -0.1) is 0 Å². The highest BCUT2D eigenvalue weighted by Crippen LogP contribution is 2.21. The maximum Gasteiger partial charge on any atom is 0.282 e. The molecule has 0 amide bonds. The monoisotopic (exact) mass is 311 g/mol. The zero-order valence-electron chi connectivity index (χ0n) is 12.8. The van der Waals surface area contributed by atoms with Crippen molar-refractivity contribution in [3.05, 3.63) is 35.9 Å². The number of benzene rings is 1. The molecule has 1 N–H and O–H groups in total. The highest BCUT2D eigenvalue weighted by molar-refractivity contribution is 7.86. The maximum atomic E-state index is 12.7. The number of piperidine rings is 1. The van der Waals surface area contributed by atoms with Crippen LogP contribution in [0, 0.1) is 5.92 Å². The zero-order chi connectivity index (χ0) is 15.3. The van der Waals surface area contributed by atoms with Crippen LogP contribution < -0.4 is 5.32 Å². The van der Waals surface area contributed by atoms with E-state index in [2.05, 4.69) is 5.32 Å². The Morgan fingerprint density at radius 3 is 2.71 bits per heavy atom. The molecule has 21 heavy (non-hydrogen) atoms. The second-order valence-electron chi connectivity index (χ2n) is 5.67. The molecule has 1 heterocycles. The molecule has 1 fully saturated rings. The molecule has 1 aromatic carbocycles. The Hall–Kier alpha value is -0.950. The van der Waals surface area contributed by atoms with E-state index in [4.69, 9.17) is 0 Å². The van der Waals surface area contributed by atoms with Crippen molar-refractivity contribution in [2.75, 3.05) is 33.7 Å². The summed E-state index contributed by atoms with van der Waals surface area (Å²) in [6.45, 7) is 2.52. The molecule has 0 spiro atoms. The zero-order valence-corrected chi connectivity index (χ0v) is 13.6. The number of hydrogen-bond donors (Lipinski definition) is 1. The van der Waals surface area contributed by atoms with Crippen LogP contribution >= 0.6 is 0 Å². The van der Waals surface area contributed by atoms with Crippen LogP contribution in [0.2, 0.25) is 0 Å². The van der Waals surface area contributed by atoms with E-state index in [1.807, 2.05) is 37.4 Å². The lowest BCUT2D eigenvalue weighted by Gasteiger charge is -2.34. The van der Waals surface area contributed by atoms with Gasteiger partial charge in [0.25, 0.3) is 10.2 Å². The maximum absolute atomic E-state index is 12.7. The molecule has 5 nitrogen and oxygen atoms in total. The van der Waals surface area contributed by atoms with Crippen LogP contribution in [0.3, 0.4) is 0 Å². The predicted molar refractivity (Wildman–Crippen MR) is 85.1 cm³/mol. The summed E-state index contributed by atoms with van der Waals surface area (Å²) in [5.41, 5.74) is 1.01. The molecule has 1 saturated heterocycles. The predicted octanol–water partition coefficient (Wildman–Crippen LogP) is 1.29. The van der Waals surface area contributed by atoms with Crippen molar-refractivity contribution >= 4 is 10.2 Å². The standard InChI is InChI=1S/C15H25N3O2S/c1-16-11-15-9-6-10-18(13-15)21(19,20)17(2)12-14-7-4-3-5-8-14/h3-5,7-8,15-16H,6,9-13H2,1-2H3. The van der Waals surface area contributed by atoms with Gasteiger partial charge in [-0.2, -0.15) is 17.0 Å². The quantitative estimate of drug-likeness (QED) is 0.861. The lowest BCUT2D eigenvalue weighted by molar-refractivity contribution is 0.248. The van der Waals surface area contributed by atoms with Gasteiger partial charge in [-0.05, 0) is 37.9 Å². The molecule has 0 bridgehead atoms. The Morgan fingerprint density at radius 2 is 2.05 bits per heavy atom. The topological polar surface area (TPSA) is 52.7 Å². The average Bonchev–Trinajstić information content (AvgIpc) is 2.49. The molecule has 1 aliphatic heterocycles. The van der Waals surface area contributed by atoms with Crippen LogP contribution in [0.4, 0.5) is 0 Å². The second kappa shape index (κ2) is 7.35. The minimum absolute atomic E-state index is 0.406. The lowest BCUT2D eigenvalue weighted by atomic mass is 10.00. The summed E-state index contributed by atoms with van der Waals surface area (Å²) in [5, 5.41) is 3.14. The lowest BCUT2D eigenvalue weighted by Crippen LogP contribution is -2.47. The molecule has 118 valence electrons. The first kappa shape index (κ1) is 16.4. The number of hydrogen-bond acceptors (Lipinski definition) is 3. The van der Waals surface area contributed by atoms with Crippen molar-refractivity contribution in [2.24, 2.45) is 5.92 Å². The van der Waals surface area contributed by atoms with E-state index >= 15 is 0 Å². The van der Waals surface area contributed by atoms with Gasteiger partial charge in [-0.3, -0.25) is 0 Å². The molecule has 1 aliphatic rings. The summed E-state index contributed by atoms with van der Waals surface area (Å²) in [4.78, 5) is 0. The Kier molecular flexibility index (Phi) is 5.75. The molecule has 2 rings (SSSR count). The van der Waals surface area contributed by atoms with Crippen molar-refractivity contribution in [3.8, 4) is 0 Å². The average molecular weight is 311 g/mol. The first-order chi connectivity index (χ1) is 10.0. The van der Waals surface area contributed by atoms with Gasteiger partial charge >= 0.3 is 0 Å². The van der Waals surface area contributed by atoms with Crippen molar-refractivity contribution in [3.63, 3.8) is 0 Å². The molecule has 0 aliphatic carbocycles. The Labute approximate surface area is 128 Å². The van der Waals surface area contributed by atoms with Crippen LogP contribution in [0.1, 0.15) is 18.4 Å². The number of nitrogens with one attached hydrogen (secondary N) is 1. The van der Waals surface area contributed by atoms with Crippen LogP contribution in [-0.4, -0.2) is 50.8 Å². The normalized spacial score (nSPS) is 20.8. The fourth-order valence-corrected chi connectivity index (χ4v) is 4.28. The van der Waals surface area contributed by atoms with Crippen LogP contribution in [0.25, 0.3) is 0 Å². The summed E-state index contributed by atoms with van der Waals surface area (Å²) in [5.74, 6) is 0.406. The molecule has 1 aromatic rings. The summed E-state index contributed by atoms with van der Waals surface area (Å²) in [7, 11) is 0.196. The van der Waals surface area contributed by atoms with Gasteiger partial charge in [0.05, 0.1) is 0 Å². The summed E-state index contributed by atoms with van der Waals surface area (Å²) in [6, 6.07) is 9.70. The number of rotatable bonds is 6. The van der Waals surface area contributed by atoms with E-state index < -0.39 is 10.2 Å². The van der Waals surface area contributed by atoms with Gasteiger partial charge in [0.15, 0.2) is 0 Å². The fourth-order valence-electron chi connectivity index (χ4n) is 2.81. The molecule has 0 saturated carbocycles. The minimum atomic E-state index is -3.37. The van der Waals surface area contributed by atoms with Gasteiger partial charge in [-0.1, -0.05) is 30.3 Å². The SMILES string of the molecule is CNCC1CCCN(S(=O)(=O)N(C)Cc2ccccc2)C1. The second-order valence-corrected chi connectivity index (χ2v) is 7.71. The highest BCUT2D eigenvalue weighted by Gasteiger charge is 2.31. The van der Waals surface area contributed by atoms with Crippen molar-refractivity contribution < 1.29 is 8.42 Å². The van der Waals surface area contributed by atoms with Crippen LogP contribution in [0.5, 0.6) is 0 Å². The molecule has 1 atom stereocenters. The Balaban J connectivity index is 2.02. The molecular formula is C15H25N3O2S. The first-order valence-corrected chi connectivity index (χ1v) is 8.83. The Bertz CT molecular complexity index is 531. The third-order valence-electron chi connectivity index (χ3n) is 3.94. The molecule has 1 unspecified atom stereocenters. The Morgan fingerprint density at radius 1 is 1.33 bits per heavy atom. The van der Waals surface area contributed by atoms with Gasteiger partial charge in [0.2, 0.25) is 0 Å². The minimum Gasteiger partial charge on any atom is -0.319 e. The first-order valence-electron chi connectivity index (χ1n) is 7.44.